The third kappa shape index (κ3) is 4.25. The van der Waals surface area contributed by atoms with Crippen LogP contribution in [0.25, 0.3) is 15.9 Å². The van der Waals surface area contributed by atoms with Crippen molar-refractivity contribution in [2.24, 2.45) is 0 Å². The molecule has 1 N–H and O–H groups in total. The summed E-state index contributed by atoms with van der Waals surface area (Å²) < 4.78 is 2.37. The van der Waals surface area contributed by atoms with Gasteiger partial charge in [-0.05, 0) is 36.1 Å². The molecular formula is C19H17ClN6O2S2. The normalized spacial score (nSPS) is 11.2. The van der Waals surface area contributed by atoms with Gasteiger partial charge < -0.3 is 9.88 Å². The van der Waals surface area contributed by atoms with Gasteiger partial charge >= 0.3 is 0 Å². The summed E-state index contributed by atoms with van der Waals surface area (Å²) in [6.45, 7) is 2.14. The van der Waals surface area contributed by atoms with Gasteiger partial charge in [0.25, 0.3) is 5.56 Å². The number of carbonyl (C=O) groups excluding carboxylic acids is 1. The number of thiophene rings is 1. The number of carbonyl (C=O) groups is 1. The van der Waals surface area contributed by atoms with Crippen LogP contribution in [-0.2, 0) is 11.3 Å². The molecule has 3 heterocycles. The van der Waals surface area contributed by atoms with Crippen LogP contribution in [0, 0.1) is 6.92 Å². The molecule has 4 aromatic rings. The first-order valence-electron chi connectivity index (χ1n) is 8.92. The molecule has 4 rings (SSSR count). The number of amides is 1. The van der Waals surface area contributed by atoms with Gasteiger partial charge in [-0.2, -0.15) is 0 Å². The Kier molecular flexibility index (Phi) is 5.89. The number of rotatable bonds is 6. The highest BCUT2D eigenvalue weighted by molar-refractivity contribution is 7.99. The average molecular weight is 461 g/mol. The maximum atomic E-state index is 12.6. The number of thioether (sulfide) groups is 1. The molecule has 8 nitrogen and oxygen atoms in total. The Hall–Kier alpha value is -2.69. The van der Waals surface area contributed by atoms with Crippen LogP contribution in [0.4, 0.5) is 0 Å². The second-order valence-electron chi connectivity index (χ2n) is 6.60. The van der Waals surface area contributed by atoms with E-state index in [2.05, 4.69) is 20.2 Å². The lowest BCUT2D eigenvalue weighted by Crippen LogP contribution is -2.29. The number of H-pyrrole nitrogens is 1. The van der Waals surface area contributed by atoms with E-state index in [0.29, 0.717) is 26.2 Å². The fourth-order valence-corrected chi connectivity index (χ4v) is 4.55. The number of fused-ring (bicyclic) bond motifs is 1. The van der Waals surface area contributed by atoms with Gasteiger partial charge in [0, 0.05) is 12.1 Å². The highest BCUT2D eigenvalue weighted by atomic mass is 35.5. The molecule has 1 aromatic carbocycles. The summed E-state index contributed by atoms with van der Waals surface area (Å²) in [6.07, 6.45) is 1.59. The first-order valence-corrected chi connectivity index (χ1v) is 11.2. The van der Waals surface area contributed by atoms with Crippen LogP contribution in [0.1, 0.15) is 11.4 Å². The van der Waals surface area contributed by atoms with Gasteiger partial charge in [-0.1, -0.05) is 29.4 Å². The molecule has 0 saturated carbocycles. The number of nitrogens with one attached hydrogen (secondary N) is 1. The van der Waals surface area contributed by atoms with E-state index in [0.717, 1.165) is 11.3 Å². The van der Waals surface area contributed by atoms with E-state index in [4.69, 9.17) is 11.6 Å². The number of aromatic amines is 1. The first-order chi connectivity index (χ1) is 14.4. The molecule has 0 atom stereocenters. The maximum Gasteiger partial charge on any atom is 0.268 e. The molecular weight excluding hydrogens is 444 g/mol. The molecule has 0 fully saturated rings. The molecule has 0 aliphatic rings. The van der Waals surface area contributed by atoms with Crippen molar-refractivity contribution in [1.82, 2.24) is 29.6 Å². The van der Waals surface area contributed by atoms with Crippen LogP contribution in [0.2, 0.25) is 5.02 Å². The van der Waals surface area contributed by atoms with E-state index >= 15 is 0 Å². The number of hydrogen-bond acceptors (Lipinski definition) is 7. The lowest BCUT2D eigenvalue weighted by atomic mass is 10.2. The number of hydrogen-bond donors (Lipinski definition) is 1. The number of benzene rings is 1. The predicted octanol–water partition coefficient (Wildman–Crippen LogP) is 3.28. The van der Waals surface area contributed by atoms with E-state index in [1.165, 1.54) is 28.0 Å². The van der Waals surface area contributed by atoms with E-state index in [1.54, 1.807) is 24.0 Å². The SMILES string of the molecule is Cc1ccc(-n2cnnc2SCC(=O)N(C)Cc2nc3ccsc3c(=O)[nH]2)cc1Cl. The van der Waals surface area contributed by atoms with Crippen LogP contribution in [0.5, 0.6) is 0 Å². The van der Waals surface area contributed by atoms with E-state index < -0.39 is 0 Å². The third-order valence-electron chi connectivity index (χ3n) is 4.45. The smallest absolute Gasteiger partial charge is 0.268 e. The molecule has 0 radical (unpaired) electrons. The summed E-state index contributed by atoms with van der Waals surface area (Å²) in [5.74, 6) is 0.494. The summed E-state index contributed by atoms with van der Waals surface area (Å²) in [5.41, 5.74) is 2.25. The van der Waals surface area contributed by atoms with Crippen LogP contribution in [0.3, 0.4) is 0 Å². The third-order valence-corrected chi connectivity index (χ3v) is 6.69. The van der Waals surface area contributed by atoms with Crippen molar-refractivity contribution in [3.05, 3.63) is 62.7 Å². The van der Waals surface area contributed by atoms with Crippen molar-refractivity contribution in [2.45, 2.75) is 18.6 Å². The highest BCUT2D eigenvalue weighted by Crippen LogP contribution is 2.24. The van der Waals surface area contributed by atoms with Crippen LogP contribution in [0.15, 0.2) is 45.9 Å². The number of aromatic nitrogens is 5. The Morgan fingerprint density at radius 1 is 1.37 bits per heavy atom. The predicted molar refractivity (Wildman–Crippen MR) is 119 cm³/mol. The summed E-state index contributed by atoms with van der Waals surface area (Å²) in [7, 11) is 1.67. The van der Waals surface area contributed by atoms with Crippen LogP contribution in [-0.4, -0.2) is 48.3 Å². The van der Waals surface area contributed by atoms with E-state index in [9.17, 15) is 9.59 Å². The van der Waals surface area contributed by atoms with Crippen LogP contribution >= 0.6 is 34.7 Å². The minimum atomic E-state index is -0.190. The molecule has 0 unspecified atom stereocenters. The molecule has 3 aromatic heterocycles. The van der Waals surface area contributed by atoms with E-state index in [-0.39, 0.29) is 23.8 Å². The summed E-state index contributed by atoms with van der Waals surface area (Å²) in [5, 5.41) is 11.1. The topological polar surface area (TPSA) is 96.8 Å². The highest BCUT2D eigenvalue weighted by Gasteiger charge is 2.15. The fourth-order valence-electron chi connectivity index (χ4n) is 2.78. The minimum absolute atomic E-state index is 0.121. The van der Waals surface area contributed by atoms with Gasteiger partial charge in [-0.25, -0.2) is 4.98 Å². The lowest BCUT2D eigenvalue weighted by Gasteiger charge is -2.16. The van der Waals surface area contributed by atoms with E-state index in [1.807, 2.05) is 30.5 Å². The van der Waals surface area contributed by atoms with Crippen molar-refractivity contribution >= 4 is 50.8 Å². The zero-order chi connectivity index (χ0) is 21.3. The Morgan fingerprint density at radius 3 is 3.00 bits per heavy atom. The van der Waals surface area contributed by atoms with Crippen molar-refractivity contribution in [3.8, 4) is 5.69 Å². The number of nitrogens with zero attached hydrogens (tertiary/aromatic N) is 5. The first kappa shape index (κ1) is 20.6. The Labute approximate surface area is 184 Å². The molecule has 154 valence electrons. The standard InChI is InChI=1S/C19H17ClN6O2S2/c1-11-3-4-12(7-13(11)20)26-10-21-24-19(26)30-9-16(27)25(2)8-15-22-14-5-6-29-17(14)18(28)23-15/h3-7,10H,8-9H2,1-2H3,(H,22,23,28). The molecule has 0 aliphatic heterocycles. The Bertz CT molecular complexity index is 1280. The molecule has 0 spiro atoms. The van der Waals surface area contributed by atoms with Gasteiger partial charge in [0.2, 0.25) is 5.91 Å². The Balaban J connectivity index is 1.42. The van der Waals surface area contributed by atoms with Crippen LogP contribution < -0.4 is 5.56 Å². The maximum absolute atomic E-state index is 12.6. The fraction of sp³-hybridized carbons (Fsp3) is 0.211. The number of aryl methyl sites for hydroxylation is 1. The average Bonchev–Trinajstić information content (AvgIpc) is 3.37. The number of halogens is 1. The molecule has 0 saturated heterocycles. The summed E-state index contributed by atoms with van der Waals surface area (Å²) in [6, 6.07) is 7.47. The lowest BCUT2D eigenvalue weighted by molar-refractivity contribution is -0.127. The van der Waals surface area contributed by atoms with Crippen molar-refractivity contribution < 1.29 is 4.79 Å². The zero-order valence-electron chi connectivity index (χ0n) is 16.1. The van der Waals surface area contributed by atoms with Gasteiger partial charge in [-0.3, -0.25) is 14.2 Å². The van der Waals surface area contributed by atoms with Crippen molar-refractivity contribution in [2.75, 3.05) is 12.8 Å². The van der Waals surface area contributed by atoms with Gasteiger partial charge in [0.1, 0.15) is 16.9 Å². The summed E-state index contributed by atoms with van der Waals surface area (Å²) >= 11 is 8.84. The van der Waals surface area contributed by atoms with Gasteiger partial charge in [-0.15, -0.1) is 21.5 Å². The van der Waals surface area contributed by atoms with Crippen molar-refractivity contribution in [1.29, 1.82) is 0 Å². The van der Waals surface area contributed by atoms with Crippen molar-refractivity contribution in [3.63, 3.8) is 0 Å². The quantitative estimate of drug-likeness (QED) is 0.443. The monoisotopic (exact) mass is 460 g/mol. The molecule has 30 heavy (non-hydrogen) atoms. The summed E-state index contributed by atoms with van der Waals surface area (Å²) in [4.78, 5) is 33.4. The molecule has 0 aliphatic carbocycles. The Morgan fingerprint density at radius 2 is 2.20 bits per heavy atom. The van der Waals surface area contributed by atoms with Gasteiger partial charge in [0.15, 0.2) is 5.16 Å². The largest absolute Gasteiger partial charge is 0.338 e. The molecule has 0 bridgehead atoms. The van der Waals surface area contributed by atoms with Gasteiger partial charge in [0.05, 0.1) is 23.5 Å². The second kappa shape index (κ2) is 8.58. The minimum Gasteiger partial charge on any atom is -0.338 e. The molecule has 1 amide bonds. The zero-order valence-corrected chi connectivity index (χ0v) is 18.5. The molecule has 11 heteroatoms. The second-order valence-corrected chi connectivity index (χ2v) is 8.87.